The normalized spacial score (nSPS) is 15.3. The van der Waals surface area contributed by atoms with Crippen molar-refractivity contribution in [3.63, 3.8) is 0 Å². The van der Waals surface area contributed by atoms with Gasteiger partial charge in [0.15, 0.2) is 5.82 Å². The van der Waals surface area contributed by atoms with Gasteiger partial charge in [0.25, 0.3) is 0 Å². The SMILES string of the molecule is CCCNc1nc(C(CC)(CC)OC)nc(C2CC2)c1I. The zero-order valence-electron chi connectivity index (χ0n) is 13.5. The van der Waals surface area contributed by atoms with E-state index in [1.165, 1.54) is 22.1 Å². The zero-order chi connectivity index (χ0) is 15.5. The van der Waals surface area contributed by atoms with E-state index in [-0.39, 0.29) is 5.60 Å². The van der Waals surface area contributed by atoms with Crippen molar-refractivity contribution in [1.29, 1.82) is 0 Å². The van der Waals surface area contributed by atoms with Gasteiger partial charge in [0.1, 0.15) is 11.4 Å². The molecule has 0 radical (unpaired) electrons. The molecule has 1 aliphatic carbocycles. The number of hydrogen-bond acceptors (Lipinski definition) is 4. The molecule has 0 saturated heterocycles. The van der Waals surface area contributed by atoms with E-state index in [0.29, 0.717) is 5.92 Å². The van der Waals surface area contributed by atoms with Crippen LogP contribution in [0.4, 0.5) is 5.82 Å². The van der Waals surface area contributed by atoms with Crippen LogP contribution in [-0.2, 0) is 10.3 Å². The molecular formula is C16H26IN3O. The molecule has 0 aromatic carbocycles. The first-order chi connectivity index (χ1) is 10.1. The van der Waals surface area contributed by atoms with Gasteiger partial charge in [-0.1, -0.05) is 20.8 Å². The van der Waals surface area contributed by atoms with Gasteiger partial charge < -0.3 is 10.1 Å². The molecule has 4 nitrogen and oxygen atoms in total. The molecule has 118 valence electrons. The molecule has 21 heavy (non-hydrogen) atoms. The van der Waals surface area contributed by atoms with Gasteiger partial charge in [-0.15, -0.1) is 0 Å². The van der Waals surface area contributed by atoms with Crippen molar-refractivity contribution in [3.8, 4) is 0 Å². The number of nitrogens with zero attached hydrogens (tertiary/aromatic N) is 2. The lowest BCUT2D eigenvalue weighted by Gasteiger charge is -2.29. The van der Waals surface area contributed by atoms with E-state index in [1.807, 2.05) is 0 Å². The second kappa shape index (κ2) is 7.22. The Hall–Kier alpha value is -0.430. The maximum absolute atomic E-state index is 5.82. The van der Waals surface area contributed by atoms with Crippen LogP contribution in [-0.4, -0.2) is 23.6 Å². The van der Waals surface area contributed by atoms with Crippen LogP contribution < -0.4 is 5.32 Å². The molecule has 1 aromatic heterocycles. The van der Waals surface area contributed by atoms with Crippen LogP contribution in [0.1, 0.15) is 70.3 Å². The smallest absolute Gasteiger partial charge is 0.162 e. The van der Waals surface area contributed by atoms with E-state index in [1.54, 1.807) is 7.11 Å². The number of rotatable bonds is 8. The summed E-state index contributed by atoms with van der Waals surface area (Å²) in [4.78, 5) is 9.72. The maximum Gasteiger partial charge on any atom is 0.162 e. The molecule has 1 N–H and O–H groups in total. The Kier molecular flexibility index (Phi) is 5.82. The second-order valence-electron chi connectivity index (χ2n) is 5.70. The zero-order valence-corrected chi connectivity index (χ0v) is 15.7. The molecule has 0 amide bonds. The molecule has 1 fully saturated rings. The van der Waals surface area contributed by atoms with Crippen LogP contribution in [0.2, 0.25) is 0 Å². The van der Waals surface area contributed by atoms with E-state index in [9.17, 15) is 0 Å². The molecule has 1 aliphatic rings. The Labute approximate surface area is 141 Å². The lowest BCUT2D eigenvalue weighted by molar-refractivity contribution is -0.0292. The largest absolute Gasteiger partial charge is 0.370 e. The van der Waals surface area contributed by atoms with Crippen molar-refractivity contribution in [2.45, 2.75) is 64.4 Å². The van der Waals surface area contributed by atoms with Gasteiger partial charge in [-0.2, -0.15) is 0 Å². The summed E-state index contributed by atoms with van der Waals surface area (Å²) < 4.78 is 7.01. The molecule has 1 aromatic rings. The molecule has 0 unspecified atom stereocenters. The summed E-state index contributed by atoms with van der Waals surface area (Å²) in [6.07, 6.45) is 5.36. The molecule has 1 saturated carbocycles. The van der Waals surface area contributed by atoms with Crippen molar-refractivity contribution in [2.75, 3.05) is 19.0 Å². The highest BCUT2D eigenvalue weighted by Crippen LogP contribution is 2.43. The number of halogens is 1. The van der Waals surface area contributed by atoms with E-state index >= 15 is 0 Å². The third kappa shape index (κ3) is 3.50. The Morgan fingerprint density at radius 2 is 1.90 bits per heavy atom. The monoisotopic (exact) mass is 403 g/mol. The highest BCUT2D eigenvalue weighted by atomic mass is 127. The quantitative estimate of drug-likeness (QED) is 0.652. The number of anilines is 1. The van der Waals surface area contributed by atoms with Crippen LogP contribution in [0.25, 0.3) is 0 Å². The fourth-order valence-electron chi connectivity index (χ4n) is 2.60. The maximum atomic E-state index is 5.82. The Morgan fingerprint density at radius 1 is 1.24 bits per heavy atom. The Morgan fingerprint density at radius 3 is 2.38 bits per heavy atom. The lowest BCUT2D eigenvalue weighted by atomic mass is 9.95. The van der Waals surface area contributed by atoms with Crippen molar-refractivity contribution in [3.05, 3.63) is 15.1 Å². The molecule has 0 bridgehead atoms. The predicted octanol–water partition coefficient (Wildman–Crippen LogP) is 4.44. The second-order valence-corrected chi connectivity index (χ2v) is 6.78. The first kappa shape index (κ1) is 16.9. The Bertz CT molecular complexity index is 476. The molecule has 5 heteroatoms. The molecular weight excluding hydrogens is 377 g/mol. The van der Waals surface area contributed by atoms with Crippen LogP contribution in [0.15, 0.2) is 0 Å². The minimum atomic E-state index is -0.364. The first-order valence-electron chi connectivity index (χ1n) is 7.98. The van der Waals surface area contributed by atoms with Gasteiger partial charge in [-0.25, -0.2) is 9.97 Å². The van der Waals surface area contributed by atoms with E-state index in [0.717, 1.165) is 37.4 Å². The summed E-state index contributed by atoms with van der Waals surface area (Å²) in [6.45, 7) is 7.39. The average Bonchev–Trinajstić information content (AvgIpc) is 3.34. The summed E-state index contributed by atoms with van der Waals surface area (Å²) in [5.41, 5.74) is 0.846. The molecule has 0 atom stereocenters. The van der Waals surface area contributed by atoms with Gasteiger partial charge in [0.2, 0.25) is 0 Å². The van der Waals surface area contributed by atoms with Crippen LogP contribution >= 0.6 is 22.6 Å². The standard InChI is InChI=1S/C16H26IN3O/c1-5-10-18-14-12(17)13(11-8-9-11)19-15(20-14)16(6-2,7-3)21-4/h11H,5-10H2,1-4H3,(H,18,19,20). The predicted molar refractivity (Wildman–Crippen MR) is 94.8 cm³/mol. The summed E-state index contributed by atoms with van der Waals surface area (Å²) >= 11 is 2.39. The average molecular weight is 403 g/mol. The number of aromatic nitrogens is 2. The van der Waals surface area contributed by atoms with Crippen molar-refractivity contribution in [2.24, 2.45) is 0 Å². The summed E-state index contributed by atoms with van der Waals surface area (Å²) in [5.74, 6) is 2.44. The summed E-state index contributed by atoms with van der Waals surface area (Å²) in [6, 6.07) is 0. The number of ether oxygens (including phenoxy) is 1. The van der Waals surface area contributed by atoms with Crippen molar-refractivity contribution >= 4 is 28.4 Å². The topological polar surface area (TPSA) is 47.0 Å². The fraction of sp³-hybridized carbons (Fsp3) is 0.750. The van der Waals surface area contributed by atoms with Crippen LogP contribution in [0.5, 0.6) is 0 Å². The highest BCUT2D eigenvalue weighted by Gasteiger charge is 2.36. The van der Waals surface area contributed by atoms with Gasteiger partial charge >= 0.3 is 0 Å². The molecule has 0 spiro atoms. The first-order valence-corrected chi connectivity index (χ1v) is 9.06. The molecule has 2 rings (SSSR count). The van der Waals surface area contributed by atoms with Gasteiger partial charge in [-0.05, 0) is 54.7 Å². The van der Waals surface area contributed by atoms with Crippen LogP contribution in [0, 0.1) is 3.57 Å². The number of nitrogens with one attached hydrogen (secondary N) is 1. The third-order valence-corrected chi connectivity index (χ3v) is 5.39. The molecule has 0 aliphatic heterocycles. The van der Waals surface area contributed by atoms with Gasteiger partial charge in [-0.3, -0.25) is 0 Å². The number of methoxy groups -OCH3 is 1. The Balaban J connectivity index is 2.47. The van der Waals surface area contributed by atoms with E-state index < -0.39 is 0 Å². The highest BCUT2D eigenvalue weighted by molar-refractivity contribution is 14.1. The van der Waals surface area contributed by atoms with Gasteiger partial charge in [0, 0.05) is 19.6 Å². The summed E-state index contributed by atoms with van der Waals surface area (Å²) in [7, 11) is 1.77. The lowest BCUT2D eigenvalue weighted by Crippen LogP contribution is -2.30. The minimum absolute atomic E-state index is 0.364. The van der Waals surface area contributed by atoms with Crippen molar-refractivity contribution in [1.82, 2.24) is 9.97 Å². The number of hydrogen-bond donors (Lipinski definition) is 1. The summed E-state index contributed by atoms with van der Waals surface area (Å²) in [5, 5.41) is 3.46. The van der Waals surface area contributed by atoms with Gasteiger partial charge in [0.05, 0.1) is 9.26 Å². The van der Waals surface area contributed by atoms with E-state index in [4.69, 9.17) is 14.7 Å². The third-order valence-electron chi connectivity index (χ3n) is 4.32. The minimum Gasteiger partial charge on any atom is -0.370 e. The van der Waals surface area contributed by atoms with Crippen molar-refractivity contribution < 1.29 is 4.74 Å². The van der Waals surface area contributed by atoms with E-state index in [2.05, 4.69) is 48.7 Å². The molecule has 1 heterocycles. The fourth-order valence-corrected chi connectivity index (χ4v) is 3.47. The van der Waals surface area contributed by atoms with Crippen LogP contribution in [0.3, 0.4) is 0 Å².